The molecule has 0 spiro atoms. The van der Waals surface area contributed by atoms with E-state index in [2.05, 4.69) is 10.6 Å². The first kappa shape index (κ1) is 7.69. The first-order chi connectivity index (χ1) is 4.84. The zero-order chi connectivity index (χ0) is 7.40. The molecule has 0 amide bonds. The van der Waals surface area contributed by atoms with Crippen LogP contribution in [0.15, 0.2) is 0 Å². The van der Waals surface area contributed by atoms with Gasteiger partial charge in [-0.25, -0.2) is 0 Å². The average molecular weight is 142 g/mol. The highest BCUT2D eigenvalue weighted by atomic mass is 16.1. The number of hydrogen-bond acceptors (Lipinski definition) is 3. The number of hydrogen-bond donors (Lipinski definition) is 2. The first-order valence-corrected chi connectivity index (χ1v) is 3.81. The van der Waals surface area contributed by atoms with E-state index in [0.717, 1.165) is 19.6 Å². The Balaban J connectivity index is 2.31. The molecule has 10 heavy (non-hydrogen) atoms. The Hall–Kier alpha value is -0.410. The van der Waals surface area contributed by atoms with Gasteiger partial charge in [-0.05, 0) is 0 Å². The van der Waals surface area contributed by atoms with Crippen molar-refractivity contribution in [1.29, 1.82) is 0 Å². The molecule has 58 valence electrons. The Kier molecular flexibility index (Phi) is 2.83. The number of rotatable bonds is 2. The van der Waals surface area contributed by atoms with E-state index in [9.17, 15) is 4.79 Å². The van der Waals surface area contributed by atoms with Crippen LogP contribution in [-0.4, -0.2) is 31.5 Å². The van der Waals surface area contributed by atoms with Crippen molar-refractivity contribution in [2.45, 2.75) is 19.4 Å². The molecule has 1 saturated heterocycles. The van der Waals surface area contributed by atoms with E-state index >= 15 is 0 Å². The van der Waals surface area contributed by atoms with Crippen LogP contribution in [0, 0.1) is 0 Å². The summed E-state index contributed by atoms with van der Waals surface area (Å²) in [6.07, 6.45) is 0.638. The fourth-order valence-corrected chi connectivity index (χ4v) is 1.13. The molecule has 1 fully saturated rings. The van der Waals surface area contributed by atoms with Gasteiger partial charge in [0.1, 0.15) is 0 Å². The normalized spacial score (nSPS) is 26.3. The molecule has 3 heteroatoms. The van der Waals surface area contributed by atoms with Crippen LogP contribution in [-0.2, 0) is 4.79 Å². The molecule has 0 radical (unpaired) electrons. The third kappa shape index (κ3) is 1.78. The molecule has 0 unspecified atom stereocenters. The van der Waals surface area contributed by atoms with Gasteiger partial charge in [-0.1, -0.05) is 6.92 Å². The summed E-state index contributed by atoms with van der Waals surface area (Å²) >= 11 is 0. The first-order valence-electron chi connectivity index (χ1n) is 3.81. The zero-order valence-corrected chi connectivity index (χ0v) is 6.31. The highest BCUT2D eigenvalue weighted by Gasteiger charge is 2.17. The predicted octanol–water partition coefficient (Wildman–Crippen LogP) is -0.473. The van der Waals surface area contributed by atoms with Crippen LogP contribution >= 0.6 is 0 Å². The molecular weight excluding hydrogens is 128 g/mol. The Labute approximate surface area is 61.2 Å². The van der Waals surface area contributed by atoms with Gasteiger partial charge in [0.2, 0.25) is 0 Å². The fourth-order valence-electron chi connectivity index (χ4n) is 1.13. The van der Waals surface area contributed by atoms with Gasteiger partial charge in [0.05, 0.1) is 6.04 Å². The Morgan fingerprint density at radius 1 is 1.60 bits per heavy atom. The third-order valence-corrected chi connectivity index (χ3v) is 1.78. The number of ketones is 1. The molecule has 3 nitrogen and oxygen atoms in total. The maximum atomic E-state index is 11.1. The molecule has 0 bridgehead atoms. The van der Waals surface area contributed by atoms with Crippen LogP contribution in [0.3, 0.4) is 0 Å². The lowest BCUT2D eigenvalue weighted by atomic mass is 10.1. The minimum Gasteiger partial charge on any atom is -0.313 e. The molecule has 1 aliphatic rings. The van der Waals surface area contributed by atoms with Crippen LogP contribution in [0.1, 0.15) is 13.3 Å². The van der Waals surface area contributed by atoms with Crippen molar-refractivity contribution in [2.75, 3.05) is 19.6 Å². The van der Waals surface area contributed by atoms with Gasteiger partial charge in [-0.2, -0.15) is 0 Å². The van der Waals surface area contributed by atoms with Gasteiger partial charge in [-0.15, -0.1) is 0 Å². The monoisotopic (exact) mass is 142 g/mol. The van der Waals surface area contributed by atoms with Crippen LogP contribution in [0.2, 0.25) is 0 Å². The minimum atomic E-state index is 0.0683. The van der Waals surface area contributed by atoms with Crippen LogP contribution < -0.4 is 10.6 Å². The second-order valence-electron chi connectivity index (χ2n) is 2.53. The van der Waals surface area contributed by atoms with E-state index in [0.29, 0.717) is 12.2 Å². The molecular formula is C7H14N2O. The van der Waals surface area contributed by atoms with Crippen LogP contribution in [0.4, 0.5) is 0 Å². The van der Waals surface area contributed by atoms with E-state index in [1.807, 2.05) is 6.92 Å². The molecule has 0 aromatic heterocycles. The largest absolute Gasteiger partial charge is 0.313 e. The Morgan fingerprint density at radius 3 is 2.90 bits per heavy atom. The second kappa shape index (κ2) is 3.68. The van der Waals surface area contributed by atoms with Gasteiger partial charge < -0.3 is 10.6 Å². The SMILES string of the molecule is CCC(=O)[C@@H]1CNCCN1. The van der Waals surface area contributed by atoms with Crippen molar-refractivity contribution in [2.24, 2.45) is 0 Å². The van der Waals surface area contributed by atoms with Gasteiger partial charge >= 0.3 is 0 Å². The smallest absolute Gasteiger partial charge is 0.150 e. The van der Waals surface area contributed by atoms with Crippen molar-refractivity contribution in [3.63, 3.8) is 0 Å². The molecule has 0 aromatic rings. The molecule has 0 aliphatic carbocycles. The number of piperazine rings is 1. The molecule has 2 N–H and O–H groups in total. The summed E-state index contributed by atoms with van der Waals surface area (Å²) in [7, 11) is 0. The van der Waals surface area contributed by atoms with Gasteiger partial charge in [0, 0.05) is 26.1 Å². The summed E-state index contributed by atoms with van der Waals surface area (Å²) in [6, 6.07) is 0.0683. The summed E-state index contributed by atoms with van der Waals surface area (Å²) in [5.74, 6) is 0.312. The van der Waals surface area contributed by atoms with E-state index in [4.69, 9.17) is 0 Å². The molecule has 0 aromatic carbocycles. The number of nitrogens with one attached hydrogen (secondary N) is 2. The van der Waals surface area contributed by atoms with Gasteiger partial charge in [-0.3, -0.25) is 4.79 Å². The quantitative estimate of drug-likeness (QED) is 0.547. The van der Waals surface area contributed by atoms with E-state index in [1.54, 1.807) is 0 Å². The molecule has 1 atom stereocenters. The second-order valence-corrected chi connectivity index (χ2v) is 2.53. The summed E-state index contributed by atoms with van der Waals surface area (Å²) < 4.78 is 0. The number of carbonyl (C=O) groups is 1. The summed E-state index contributed by atoms with van der Waals surface area (Å²) in [4.78, 5) is 11.1. The molecule has 1 aliphatic heterocycles. The third-order valence-electron chi connectivity index (χ3n) is 1.78. The standard InChI is InChI=1S/C7H14N2O/c1-2-7(10)6-5-8-3-4-9-6/h6,8-9H,2-5H2,1H3/t6-/m0/s1. The predicted molar refractivity (Wildman–Crippen MR) is 40.0 cm³/mol. The van der Waals surface area contributed by atoms with Gasteiger partial charge in [0.25, 0.3) is 0 Å². The van der Waals surface area contributed by atoms with Crippen molar-refractivity contribution in [3.8, 4) is 0 Å². The number of Topliss-reactive ketones (excluding diaryl/α,β-unsaturated/α-hetero) is 1. The summed E-state index contributed by atoms with van der Waals surface area (Å²) in [5.41, 5.74) is 0. The maximum absolute atomic E-state index is 11.1. The summed E-state index contributed by atoms with van der Waals surface area (Å²) in [6.45, 7) is 4.59. The van der Waals surface area contributed by atoms with E-state index in [1.165, 1.54) is 0 Å². The zero-order valence-electron chi connectivity index (χ0n) is 6.31. The van der Waals surface area contributed by atoms with Crippen LogP contribution in [0.5, 0.6) is 0 Å². The topological polar surface area (TPSA) is 41.1 Å². The van der Waals surface area contributed by atoms with Gasteiger partial charge in [0.15, 0.2) is 5.78 Å². The Morgan fingerprint density at radius 2 is 2.40 bits per heavy atom. The highest BCUT2D eigenvalue weighted by molar-refractivity contribution is 5.84. The van der Waals surface area contributed by atoms with Crippen molar-refractivity contribution < 1.29 is 4.79 Å². The summed E-state index contributed by atoms with van der Waals surface area (Å²) in [5, 5.41) is 6.32. The lowest BCUT2D eigenvalue weighted by Crippen LogP contribution is -2.52. The molecule has 0 saturated carbocycles. The number of carbonyl (C=O) groups excluding carboxylic acids is 1. The molecule has 1 rings (SSSR count). The maximum Gasteiger partial charge on any atom is 0.150 e. The van der Waals surface area contributed by atoms with Crippen molar-refractivity contribution >= 4 is 5.78 Å². The lowest BCUT2D eigenvalue weighted by molar-refractivity contribution is -0.120. The molecule has 1 heterocycles. The minimum absolute atomic E-state index is 0.0683. The highest BCUT2D eigenvalue weighted by Crippen LogP contribution is 1.92. The van der Waals surface area contributed by atoms with E-state index in [-0.39, 0.29) is 6.04 Å². The Bertz CT molecular complexity index is 119. The average Bonchev–Trinajstić information content (AvgIpc) is 2.05. The van der Waals surface area contributed by atoms with Crippen molar-refractivity contribution in [1.82, 2.24) is 10.6 Å². The van der Waals surface area contributed by atoms with Crippen molar-refractivity contribution in [3.05, 3.63) is 0 Å². The fraction of sp³-hybridized carbons (Fsp3) is 0.857. The van der Waals surface area contributed by atoms with Crippen LogP contribution in [0.25, 0.3) is 0 Å². The van der Waals surface area contributed by atoms with E-state index < -0.39 is 0 Å². The lowest BCUT2D eigenvalue weighted by Gasteiger charge is -2.22.